The van der Waals surface area contributed by atoms with E-state index in [2.05, 4.69) is 0 Å². The number of nitrogens with zero attached hydrogens (tertiary/aromatic N) is 1. The molecule has 2 aromatic rings. The topological polar surface area (TPSA) is 72.3 Å². The Morgan fingerprint density at radius 2 is 2.15 bits per heavy atom. The number of amides is 1. The molecule has 1 amide bonds. The van der Waals surface area contributed by atoms with Gasteiger partial charge in [0.1, 0.15) is 5.82 Å². The summed E-state index contributed by atoms with van der Waals surface area (Å²) in [4.78, 5) is 14.2. The maximum Gasteiger partial charge on any atom is 0.250 e. The fourth-order valence-corrected chi connectivity index (χ4v) is 2.82. The van der Waals surface area contributed by atoms with E-state index in [4.69, 9.17) is 11.5 Å². The first-order valence-corrected chi connectivity index (χ1v) is 6.95. The zero-order valence-electron chi connectivity index (χ0n) is 11.3. The van der Waals surface area contributed by atoms with E-state index in [9.17, 15) is 9.18 Å². The van der Waals surface area contributed by atoms with E-state index in [1.807, 2.05) is 24.4 Å². The van der Waals surface area contributed by atoms with Crippen molar-refractivity contribution in [1.29, 1.82) is 0 Å². The third-order valence-corrected chi connectivity index (χ3v) is 4.34. The van der Waals surface area contributed by atoms with Crippen LogP contribution in [0.2, 0.25) is 0 Å². The average Bonchev–Trinajstić information content (AvgIpc) is 2.90. The van der Waals surface area contributed by atoms with E-state index in [0.29, 0.717) is 5.69 Å². The van der Waals surface area contributed by atoms with E-state index in [1.54, 1.807) is 23.3 Å². The van der Waals surface area contributed by atoms with Crippen molar-refractivity contribution in [3.05, 3.63) is 45.9 Å². The Labute approximate surface area is 120 Å². The van der Waals surface area contributed by atoms with Crippen LogP contribution >= 0.6 is 11.3 Å². The van der Waals surface area contributed by atoms with Gasteiger partial charge in [-0.15, -0.1) is 11.3 Å². The summed E-state index contributed by atoms with van der Waals surface area (Å²) in [5, 5.41) is 1.97. The quantitative estimate of drug-likeness (QED) is 0.851. The fourth-order valence-electron chi connectivity index (χ4n) is 1.99. The minimum atomic E-state index is -0.666. The average molecular weight is 293 g/mol. The summed E-state index contributed by atoms with van der Waals surface area (Å²) >= 11 is 1.59. The van der Waals surface area contributed by atoms with Crippen molar-refractivity contribution in [2.75, 3.05) is 17.7 Å². The van der Waals surface area contributed by atoms with Gasteiger partial charge in [0.25, 0.3) is 5.91 Å². The first-order valence-electron chi connectivity index (χ1n) is 6.07. The number of hydrogen-bond donors (Lipinski definition) is 2. The number of benzene rings is 1. The summed E-state index contributed by atoms with van der Waals surface area (Å²) in [6.45, 7) is 1.96. The number of nitrogen functional groups attached to an aromatic ring is 1. The van der Waals surface area contributed by atoms with Crippen LogP contribution in [0.4, 0.5) is 15.8 Å². The summed E-state index contributed by atoms with van der Waals surface area (Å²) in [7, 11) is 1.77. The first-order chi connectivity index (χ1) is 9.41. The third kappa shape index (κ3) is 2.60. The van der Waals surface area contributed by atoms with E-state index < -0.39 is 11.7 Å². The highest BCUT2D eigenvalue weighted by Gasteiger charge is 2.19. The maximum absolute atomic E-state index is 14.1. The molecule has 0 spiro atoms. The molecule has 1 unspecified atom stereocenters. The molecule has 1 heterocycles. The predicted octanol–water partition coefficient (Wildman–Crippen LogP) is 2.77. The lowest BCUT2D eigenvalue weighted by atomic mass is 10.1. The Kier molecular flexibility index (Phi) is 3.94. The molecule has 0 saturated carbocycles. The molecule has 4 N–H and O–H groups in total. The lowest BCUT2D eigenvalue weighted by Crippen LogP contribution is -2.23. The second-order valence-corrected chi connectivity index (χ2v) is 5.54. The largest absolute Gasteiger partial charge is 0.398 e. The predicted molar refractivity (Wildman–Crippen MR) is 80.5 cm³/mol. The molecule has 20 heavy (non-hydrogen) atoms. The molecule has 1 aromatic heterocycles. The van der Waals surface area contributed by atoms with Gasteiger partial charge < -0.3 is 16.4 Å². The van der Waals surface area contributed by atoms with Crippen LogP contribution in [0, 0.1) is 5.82 Å². The number of nitrogens with two attached hydrogens (primary N) is 2. The Morgan fingerprint density at radius 1 is 1.45 bits per heavy atom. The zero-order chi connectivity index (χ0) is 14.9. The van der Waals surface area contributed by atoms with Crippen molar-refractivity contribution in [3.8, 4) is 0 Å². The second-order valence-electron chi connectivity index (χ2n) is 4.56. The summed E-state index contributed by atoms with van der Waals surface area (Å²) in [6, 6.07) is 6.44. The monoisotopic (exact) mass is 293 g/mol. The highest BCUT2D eigenvalue weighted by Crippen LogP contribution is 2.32. The number of carbonyl (C=O) groups is 1. The summed E-state index contributed by atoms with van der Waals surface area (Å²) in [5.74, 6) is -1.14. The number of carbonyl (C=O) groups excluding carboxylic acids is 1. The zero-order valence-corrected chi connectivity index (χ0v) is 12.1. The van der Waals surface area contributed by atoms with Crippen molar-refractivity contribution in [1.82, 2.24) is 0 Å². The van der Waals surface area contributed by atoms with Gasteiger partial charge >= 0.3 is 0 Å². The number of anilines is 2. The lowest BCUT2D eigenvalue weighted by molar-refractivity contribution is 0.100. The van der Waals surface area contributed by atoms with Gasteiger partial charge in [0, 0.05) is 17.6 Å². The number of hydrogen-bond acceptors (Lipinski definition) is 4. The van der Waals surface area contributed by atoms with Crippen molar-refractivity contribution in [3.63, 3.8) is 0 Å². The van der Waals surface area contributed by atoms with E-state index >= 15 is 0 Å². The van der Waals surface area contributed by atoms with Crippen LogP contribution < -0.4 is 16.4 Å². The number of primary amides is 1. The highest BCUT2D eigenvalue weighted by molar-refractivity contribution is 7.10. The van der Waals surface area contributed by atoms with E-state index in [-0.39, 0.29) is 17.3 Å². The van der Waals surface area contributed by atoms with Crippen LogP contribution in [0.5, 0.6) is 0 Å². The summed E-state index contributed by atoms with van der Waals surface area (Å²) < 4.78 is 14.1. The minimum absolute atomic E-state index is 0.0196. The Hall–Kier alpha value is -2.08. The van der Waals surface area contributed by atoms with Gasteiger partial charge in [0.15, 0.2) is 0 Å². The number of thiophene rings is 1. The molecule has 1 aromatic carbocycles. The van der Waals surface area contributed by atoms with Gasteiger partial charge in [-0.1, -0.05) is 6.07 Å². The van der Waals surface area contributed by atoms with Gasteiger partial charge in [-0.25, -0.2) is 4.39 Å². The standard InChI is InChI=1S/C14H16FN3OS/c1-8(13-4-3-5-20-13)18(2)12-6-9(14(17)19)11(16)7-10(12)15/h3-8H,16H2,1-2H3,(H2,17,19). The van der Waals surface area contributed by atoms with Crippen LogP contribution in [-0.4, -0.2) is 13.0 Å². The van der Waals surface area contributed by atoms with Crippen LogP contribution in [-0.2, 0) is 0 Å². The molecule has 106 valence electrons. The number of halogens is 1. The van der Waals surface area contributed by atoms with Crippen molar-refractivity contribution < 1.29 is 9.18 Å². The Morgan fingerprint density at radius 3 is 2.70 bits per heavy atom. The van der Waals surface area contributed by atoms with Gasteiger partial charge in [-0.2, -0.15) is 0 Å². The second kappa shape index (κ2) is 5.50. The molecular weight excluding hydrogens is 277 g/mol. The van der Waals surface area contributed by atoms with E-state index in [0.717, 1.165) is 10.9 Å². The lowest BCUT2D eigenvalue weighted by Gasteiger charge is -2.27. The van der Waals surface area contributed by atoms with Crippen LogP contribution in [0.15, 0.2) is 29.6 Å². The SMILES string of the molecule is CC(c1cccs1)N(C)c1cc(C(N)=O)c(N)cc1F. The van der Waals surface area contributed by atoms with Gasteiger partial charge in [-0.05, 0) is 30.5 Å². The Bertz CT molecular complexity index is 628. The molecule has 2 rings (SSSR count). The summed E-state index contributed by atoms with van der Waals surface area (Å²) in [5.41, 5.74) is 11.3. The third-order valence-electron chi connectivity index (χ3n) is 3.30. The van der Waals surface area contributed by atoms with Crippen LogP contribution in [0.1, 0.15) is 28.2 Å². The normalized spacial score (nSPS) is 12.2. The Balaban J connectivity index is 2.41. The van der Waals surface area contributed by atoms with E-state index in [1.165, 1.54) is 6.07 Å². The molecule has 0 saturated heterocycles. The smallest absolute Gasteiger partial charge is 0.250 e. The van der Waals surface area contributed by atoms with Crippen LogP contribution in [0.3, 0.4) is 0 Å². The molecule has 0 radical (unpaired) electrons. The maximum atomic E-state index is 14.1. The molecule has 0 bridgehead atoms. The molecule has 6 heteroatoms. The molecule has 0 aliphatic carbocycles. The van der Waals surface area contributed by atoms with Gasteiger partial charge in [-0.3, -0.25) is 4.79 Å². The molecule has 1 atom stereocenters. The van der Waals surface area contributed by atoms with Crippen LogP contribution in [0.25, 0.3) is 0 Å². The summed E-state index contributed by atoms with van der Waals surface area (Å²) in [6.07, 6.45) is 0. The fraction of sp³-hybridized carbons (Fsp3) is 0.214. The van der Waals surface area contributed by atoms with Crippen molar-refractivity contribution in [2.24, 2.45) is 5.73 Å². The highest BCUT2D eigenvalue weighted by atomic mass is 32.1. The number of rotatable bonds is 4. The molecule has 4 nitrogen and oxygen atoms in total. The minimum Gasteiger partial charge on any atom is -0.398 e. The van der Waals surface area contributed by atoms with Gasteiger partial charge in [0.2, 0.25) is 0 Å². The first kappa shape index (κ1) is 14.3. The molecule has 0 fully saturated rings. The molecule has 0 aliphatic heterocycles. The molecule has 0 aliphatic rings. The van der Waals surface area contributed by atoms with Gasteiger partial charge in [0.05, 0.1) is 17.3 Å². The van der Waals surface area contributed by atoms with Crippen molar-refractivity contribution in [2.45, 2.75) is 13.0 Å². The molecular formula is C14H16FN3OS. The van der Waals surface area contributed by atoms with Crippen molar-refractivity contribution >= 4 is 28.6 Å².